The van der Waals surface area contributed by atoms with E-state index >= 15 is 0 Å². The predicted molar refractivity (Wildman–Crippen MR) is 135 cm³/mol. The molecule has 1 fully saturated rings. The summed E-state index contributed by atoms with van der Waals surface area (Å²) in [5.41, 5.74) is 2.86. The van der Waals surface area contributed by atoms with Gasteiger partial charge in [0.05, 0.1) is 25.3 Å². The molecule has 1 saturated carbocycles. The van der Waals surface area contributed by atoms with Gasteiger partial charge in [-0.05, 0) is 55.5 Å². The third-order valence-corrected chi connectivity index (χ3v) is 6.61. The Bertz CT molecular complexity index is 1230. The van der Waals surface area contributed by atoms with Crippen LogP contribution in [0, 0.1) is 11.3 Å². The largest absolute Gasteiger partial charge is 0.504 e. The van der Waals surface area contributed by atoms with Gasteiger partial charge in [-0.15, -0.1) is 0 Å². The molecule has 7 nitrogen and oxygen atoms in total. The number of Topliss-reactive ketones (excluding diaryl/α,β-unsaturated/α-hetero) is 1. The van der Waals surface area contributed by atoms with Crippen LogP contribution in [0.25, 0.3) is 0 Å². The Morgan fingerprint density at radius 1 is 1.14 bits per heavy atom. The highest BCUT2D eigenvalue weighted by atomic mass is 16.5. The number of carbonyl (C=O) groups excluding carboxylic acids is 2. The Balaban J connectivity index is 1.84. The molecule has 2 atom stereocenters. The van der Waals surface area contributed by atoms with E-state index in [1.54, 1.807) is 37.4 Å². The second kappa shape index (κ2) is 9.56. The van der Waals surface area contributed by atoms with Crippen molar-refractivity contribution in [3.8, 4) is 17.2 Å². The first-order valence-corrected chi connectivity index (χ1v) is 11.9. The molecular weight excluding hydrogens is 444 g/mol. The number of aromatic hydroxyl groups is 1. The number of benzene rings is 2. The first-order chi connectivity index (χ1) is 16.6. The van der Waals surface area contributed by atoms with Crippen molar-refractivity contribution in [3.05, 3.63) is 59.3 Å². The number of rotatable bonds is 6. The Labute approximate surface area is 205 Å². The van der Waals surface area contributed by atoms with Gasteiger partial charge in [-0.1, -0.05) is 32.0 Å². The third-order valence-electron chi connectivity index (χ3n) is 6.61. The monoisotopic (exact) mass is 476 g/mol. The van der Waals surface area contributed by atoms with E-state index in [4.69, 9.17) is 14.5 Å². The van der Waals surface area contributed by atoms with Gasteiger partial charge in [-0.2, -0.15) is 0 Å². The summed E-state index contributed by atoms with van der Waals surface area (Å²) in [6.45, 7) is 8.15. The van der Waals surface area contributed by atoms with Crippen LogP contribution in [0.4, 0.5) is 5.69 Å². The number of hydrogen-bond acceptors (Lipinski definition) is 6. The van der Waals surface area contributed by atoms with Crippen molar-refractivity contribution in [1.29, 1.82) is 0 Å². The molecule has 7 heteroatoms. The summed E-state index contributed by atoms with van der Waals surface area (Å²) < 4.78 is 11.0. The third kappa shape index (κ3) is 4.81. The fourth-order valence-corrected chi connectivity index (χ4v) is 5.18. The summed E-state index contributed by atoms with van der Waals surface area (Å²) in [7, 11) is 1.55. The molecule has 184 valence electrons. The van der Waals surface area contributed by atoms with Crippen molar-refractivity contribution in [2.24, 2.45) is 16.3 Å². The number of methoxy groups -OCH3 is 1. The van der Waals surface area contributed by atoms with E-state index in [2.05, 4.69) is 19.2 Å². The van der Waals surface area contributed by atoms with Gasteiger partial charge in [0.1, 0.15) is 11.5 Å². The fraction of sp³-hybridized carbons (Fsp3) is 0.393. The van der Waals surface area contributed by atoms with Gasteiger partial charge in [-0.3, -0.25) is 14.6 Å². The van der Waals surface area contributed by atoms with Crippen LogP contribution in [0.15, 0.2) is 58.7 Å². The van der Waals surface area contributed by atoms with Crippen molar-refractivity contribution in [2.75, 3.05) is 19.0 Å². The highest BCUT2D eigenvalue weighted by Crippen LogP contribution is 2.48. The average Bonchev–Trinajstić information content (AvgIpc) is 2.79. The van der Waals surface area contributed by atoms with Gasteiger partial charge < -0.3 is 19.9 Å². The molecule has 2 aliphatic rings. The summed E-state index contributed by atoms with van der Waals surface area (Å²) in [5.74, 6) is -0.522. The van der Waals surface area contributed by atoms with Gasteiger partial charge in [-0.25, -0.2) is 0 Å². The average molecular weight is 477 g/mol. The number of ketones is 1. The smallest absolute Gasteiger partial charge is 0.254 e. The van der Waals surface area contributed by atoms with Crippen LogP contribution >= 0.6 is 0 Å². The molecule has 4 rings (SSSR count). The number of amides is 1. The lowest BCUT2D eigenvalue weighted by atomic mass is 9.63. The number of fused-ring (bicyclic) bond motifs is 1. The first kappa shape index (κ1) is 24.5. The number of hydrogen-bond donors (Lipinski definition) is 2. The van der Waals surface area contributed by atoms with Crippen molar-refractivity contribution in [2.45, 2.75) is 46.5 Å². The number of nitrogens with zero attached hydrogens (tertiary/aromatic N) is 1. The first-order valence-electron chi connectivity index (χ1n) is 11.9. The van der Waals surface area contributed by atoms with Crippen LogP contribution in [0.1, 0.15) is 52.0 Å². The lowest BCUT2D eigenvalue weighted by Crippen LogP contribution is -2.44. The molecule has 2 N–H and O–H groups in total. The molecule has 1 amide bonds. The number of nitrogens with one attached hydrogen (secondary N) is 1. The number of ether oxygens (including phenoxy) is 2. The van der Waals surface area contributed by atoms with Crippen molar-refractivity contribution in [1.82, 2.24) is 0 Å². The molecule has 0 bridgehead atoms. The number of phenolic OH excluding ortho intramolecular Hbond substituents is 1. The second-order valence-electron chi connectivity index (χ2n) is 9.86. The molecule has 0 aromatic heterocycles. The summed E-state index contributed by atoms with van der Waals surface area (Å²) in [4.78, 5) is 32.0. The molecule has 1 aliphatic heterocycles. The van der Waals surface area contributed by atoms with E-state index in [0.717, 1.165) is 11.3 Å². The minimum atomic E-state index is -0.555. The lowest BCUT2D eigenvalue weighted by molar-refractivity contribution is -0.124. The van der Waals surface area contributed by atoms with Crippen molar-refractivity contribution in [3.63, 3.8) is 0 Å². The van der Waals surface area contributed by atoms with Crippen LogP contribution < -0.4 is 14.8 Å². The number of phenols is 1. The van der Waals surface area contributed by atoms with E-state index in [9.17, 15) is 14.7 Å². The van der Waals surface area contributed by atoms with E-state index in [1.165, 1.54) is 0 Å². The Morgan fingerprint density at radius 3 is 2.60 bits per heavy atom. The van der Waals surface area contributed by atoms with Crippen LogP contribution in [0.5, 0.6) is 17.2 Å². The number of carbonyl (C=O) groups is 2. The zero-order valence-corrected chi connectivity index (χ0v) is 20.8. The molecule has 1 aliphatic carbocycles. The minimum absolute atomic E-state index is 0.0112. The lowest BCUT2D eigenvalue weighted by Gasteiger charge is -2.41. The van der Waals surface area contributed by atoms with Gasteiger partial charge in [0.15, 0.2) is 11.5 Å². The maximum Gasteiger partial charge on any atom is 0.254 e. The maximum absolute atomic E-state index is 13.7. The number of para-hydroxylation sites is 2. The SMILES string of the molecule is CCOc1cc([C@@H]2C(C(=O)Nc3ccccc3OC)=C(C)N=C3CC(C)(C)CC(=O)C32)ccc1O. The summed E-state index contributed by atoms with van der Waals surface area (Å²) in [6, 6.07) is 12.2. The molecule has 2 aromatic rings. The molecule has 0 radical (unpaired) electrons. The highest BCUT2D eigenvalue weighted by Gasteiger charge is 2.47. The molecular formula is C28H32N2O5. The quantitative estimate of drug-likeness (QED) is 0.593. The molecule has 0 spiro atoms. The van der Waals surface area contributed by atoms with E-state index < -0.39 is 11.8 Å². The second-order valence-corrected chi connectivity index (χ2v) is 9.86. The van der Waals surface area contributed by atoms with Crippen molar-refractivity contribution < 1.29 is 24.2 Å². The van der Waals surface area contributed by atoms with Gasteiger partial charge in [0, 0.05) is 29.3 Å². The number of allylic oxidation sites excluding steroid dienone is 1. The Hall–Kier alpha value is -3.61. The van der Waals surface area contributed by atoms with E-state index in [0.29, 0.717) is 47.9 Å². The van der Waals surface area contributed by atoms with Crippen LogP contribution in [0.2, 0.25) is 0 Å². The zero-order valence-electron chi connectivity index (χ0n) is 20.8. The fourth-order valence-electron chi connectivity index (χ4n) is 5.18. The molecule has 0 saturated heterocycles. The standard InChI is InChI=1S/C28H32N2O5/c1-6-35-23-13-17(11-12-20(23)31)25-24(27(33)30-18-9-7-8-10-22(18)34-5)16(2)29-19-14-28(3,4)15-21(32)26(19)25/h7-13,25-26,31H,6,14-15H2,1-5H3,(H,30,33)/t25-,26?/m1/s1. The van der Waals surface area contributed by atoms with E-state index in [1.807, 2.05) is 26.0 Å². The molecule has 35 heavy (non-hydrogen) atoms. The summed E-state index contributed by atoms with van der Waals surface area (Å²) >= 11 is 0. The molecule has 1 unspecified atom stereocenters. The zero-order chi connectivity index (χ0) is 25.3. The normalized spacial score (nSPS) is 21.2. The van der Waals surface area contributed by atoms with Gasteiger partial charge in [0.2, 0.25) is 0 Å². The van der Waals surface area contributed by atoms with Gasteiger partial charge >= 0.3 is 0 Å². The summed E-state index contributed by atoms with van der Waals surface area (Å²) in [6.07, 6.45) is 1.08. The Morgan fingerprint density at radius 2 is 1.89 bits per heavy atom. The van der Waals surface area contributed by atoms with Crippen LogP contribution in [-0.4, -0.2) is 36.2 Å². The topological polar surface area (TPSA) is 97.2 Å². The Kier molecular flexibility index (Phi) is 6.70. The van der Waals surface area contributed by atoms with Crippen LogP contribution in [-0.2, 0) is 9.59 Å². The minimum Gasteiger partial charge on any atom is -0.504 e. The number of aliphatic imine (C=N–C) groups is 1. The van der Waals surface area contributed by atoms with Crippen molar-refractivity contribution >= 4 is 23.1 Å². The highest BCUT2D eigenvalue weighted by molar-refractivity contribution is 6.14. The maximum atomic E-state index is 13.7. The molecule has 2 aromatic carbocycles. The van der Waals surface area contributed by atoms with E-state index in [-0.39, 0.29) is 22.9 Å². The number of anilines is 1. The van der Waals surface area contributed by atoms with Gasteiger partial charge in [0.25, 0.3) is 5.91 Å². The summed E-state index contributed by atoms with van der Waals surface area (Å²) in [5, 5.41) is 13.2. The molecule has 1 heterocycles. The predicted octanol–water partition coefficient (Wildman–Crippen LogP) is 5.26. The van der Waals surface area contributed by atoms with Crippen LogP contribution in [0.3, 0.4) is 0 Å².